The molecule has 6 heteroatoms. The second-order valence-corrected chi connectivity index (χ2v) is 9.67. The normalized spacial score (nSPS) is 13.4. The maximum absolute atomic E-state index is 10.8. The molecular formula is C22H42NO4P. The zero-order chi connectivity index (χ0) is 21.3. The third-order valence-corrected chi connectivity index (χ3v) is 5.25. The fourth-order valence-electron chi connectivity index (χ4n) is 2.72. The van der Waals surface area contributed by atoms with E-state index in [9.17, 15) is 9.46 Å². The number of rotatable bonds is 14. The summed E-state index contributed by atoms with van der Waals surface area (Å²) in [5.41, 5.74) is 0. The molecule has 1 rings (SSSR count). The van der Waals surface area contributed by atoms with Crippen molar-refractivity contribution in [3.63, 3.8) is 0 Å². The van der Waals surface area contributed by atoms with Gasteiger partial charge >= 0.3 is 7.82 Å². The van der Waals surface area contributed by atoms with Gasteiger partial charge in [-0.2, -0.15) is 0 Å². The topological polar surface area (TPSA) is 58.6 Å². The Morgan fingerprint density at radius 3 is 1.75 bits per heavy atom. The first kappa shape index (κ1) is 27.1. The van der Waals surface area contributed by atoms with Crippen LogP contribution in [0.2, 0.25) is 0 Å². The number of hydrogen-bond acceptors (Lipinski definition) is 4. The van der Waals surface area contributed by atoms with Crippen molar-refractivity contribution in [3.8, 4) is 5.75 Å². The van der Waals surface area contributed by atoms with Crippen LogP contribution in [0.5, 0.6) is 5.75 Å². The first-order valence-corrected chi connectivity index (χ1v) is 12.1. The monoisotopic (exact) mass is 415 g/mol. The molecule has 0 aliphatic rings. The molecule has 1 aromatic carbocycles. The minimum absolute atomic E-state index is 0.248. The molecule has 0 spiro atoms. The van der Waals surface area contributed by atoms with Crippen molar-refractivity contribution in [2.24, 2.45) is 0 Å². The van der Waals surface area contributed by atoms with Gasteiger partial charge in [-0.3, -0.25) is 4.57 Å². The molecule has 0 aliphatic heterocycles. The van der Waals surface area contributed by atoms with E-state index in [0.717, 1.165) is 11.6 Å². The Hall–Kier alpha value is -0.870. The summed E-state index contributed by atoms with van der Waals surface area (Å²) in [6.45, 7) is 3.62. The number of phosphoric acid groups is 1. The van der Waals surface area contributed by atoms with Crippen molar-refractivity contribution in [2.75, 3.05) is 34.8 Å². The largest absolute Gasteiger partial charge is 0.746 e. The smallest absolute Gasteiger partial charge is 0.319 e. The van der Waals surface area contributed by atoms with E-state index in [-0.39, 0.29) is 5.75 Å². The molecule has 0 aromatic heterocycles. The minimum atomic E-state index is -4.15. The molecule has 0 saturated carbocycles. The van der Waals surface area contributed by atoms with Gasteiger partial charge in [0.2, 0.25) is 0 Å². The van der Waals surface area contributed by atoms with Gasteiger partial charge in [0.25, 0.3) is 0 Å². The highest BCUT2D eigenvalue weighted by Gasteiger charge is 2.07. The van der Waals surface area contributed by atoms with Crippen molar-refractivity contribution < 1.29 is 23.0 Å². The summed E-state index contributed by atoms with van der Waals surface area (Å²) >= 11 is 0. The molecule has 1 unspecified atom stereocenters. The third-order valence-electron chi connectivity index (χ3n) is 4.37. The first-order valence-electron chi connectivity index (χ1n) is 10.6. The van der Waals surface area contributed by atoms with Crippen LogP contribution in [0.3, 0.4) is 0 Å². The standard InChI is InChI=1S/C15H34N.C7H9O4P/c1-5-6-7-8-9-10-11-12-13-14-15-16(2,3)4;1-10-12(8,9)11-7-5-3-2-4-6-7/h5-15H2,1-4H3;2-6H,1H3,(H,8,9)/q+1;/p-1. The average Bonchev–Trinajstić information content (AvgIpc) is 2.63. The SMILES string of the molecule is CCCCCCCCCCCC[N+](C)(C)C.COP(=O)([O-])Oc1ccccc1. The maximum Gasteiger partial charge on any atom is 0.319 e. The van der Waals surface area contributed by atoms with Gasteiger partial charge in [0.05, 0.1) is 27.7 Å². The lowest BCUT2D eigenvalue weighted by Gasteiger charge is -2.23. The summed E-state index contributed by atoms with van der Waals surface area (Å²) in [5, 5.41) is 0. The summed E-state index contributed by atoms with van der Waals surface area (Å²) < 4.78 is 20.5. The molecule has 0 radical (unpaired) electrons. The van der Waals surface area contributed by atoms with E-state index in [1.807, 2.05) is 0 Å². The third kappa shape index (κ3) is 18.5. The maximum atomic E-state index is 10.8. The molecule has 0 bridgehead atoms. The molecule has 164 valence electrons. The molecule has 28 heavy (non-hydrogen) atoms. The van der Waals surface area contributed by atoms with E-state index in [2.05, 4.69) is 37.1 Å². The van der Waals surface area contributed by atoms with E-state index in [1.54, 1.807) is 18.2 Å². The summed E-state index contributed by atoms with van der Waals surface area (Å²) in [6, 6.07) is 8.17. The van der Waals surface area contributed by atoms with Crippen molar-refractivity contribution in [1.82, 2.24) is 0 Å². The van der Waals surface area contributed by atoms with E-state index >= 15 is 0 Å². The van der Waals surface area contributed by atoms with Crippen LogP contribution in [-0.4, -0.2) is 39.3 Å². The van der Waals surface area contributed by atoms with Crippen LogP contribution in [0.1, 0.15) is 71.1 Å². The van der Waals surface area contributed by atoms with Crippen molar-refractivity contribution in [3.05, 3.63) is 30.3 Å². The Morgan fingerprint density at radius 1 is 0.857 bits per heavy atom. The zero-order valence-corrected chi connectivity index (χ0v) is 19.6. The fourth-order valence-corrected chi connectivity index (χ4v) is 3.18. The second-order valence-electron chi connectivity index (χ2n) is 8.23. The molecule has 0 saturated heterocycles. The number of nitrogens with zero attached hydrogens (tertiary/aromatic N) is 1. The number of phosphoric ester groups is 1. The predicted molar refractivity (Wildman–Crippen MR) is 116 cm³/mol. The van der Waals surface area contributed by atoms with Gasteiger partial charge in [-0.05, 0) is 25.0 Å². The van der Waals surface area contributed by atoms with Gasteiger partial charge in [0.15, 0.2) is 0 Å². The van der Waals surface area contributed by atoms with Crippen LogP contribution in [-0.2, 0) is 9.09 Å². The van der Waals surface area contributed by atoms with Crippen LogP contribution in [0, 0.1) is 0 Å². The molecule has 5 nitrogen and oxygen atoms in total. The Morgan fingerprint density at radius 2 is 1.32 bits per heavy atom. The van der Waals surface area contributed by atoms with E-state index in [1.165, 1.54) is 82.9 Å². The van der Waals surface area contributed by atoms with Gasteiger partial charge in [0, 0.05) is 7.11 Å². The highest BCUT2D eigenvalue weighted by atomic mass is 31.2. The van der Waals surface area contributed by atoms with Crippen LogP contribution >= 0.6 is 7.82 Å². The number of unbranched alkanes of at least 4 members (excludes halogenated alkanes) is 9. The summed E-state index contributed by atoms with van der Waals surface area (Å²) in [6.07, 6.45) is 14.4. The Balaban J connectivity index is 0.000000540. The number of benzene rings is 1. The average molecular weight is 416 g/mol. The molecule has 0 amide bonds. The molecule has 0 N–H and O–H groups in total. The second kappa shape index (κ2) is 16.0. The summed E-state index contributed by atoms with van der Waals surface area (Å²) in [4.78, 5) is 10.8. The number of hydrogen-bond donors (Lipinski definition) is 0. The van der Waals surface area contributed by atoms with Gasteiger partial charge in [-0.1, -0.05) is 76.5 Å². The van der Waals surface area contributed by atoms with Crippen LogP contribution < -0.4 is 9.42 Å². The van der Waals surface area contributed by atoms with E-state index in [4.69, 9.17) is 0 Å². The number of para-hydroxylation sites is 1. The molecule has 0 heterocycles. The van der Waals surface area contributed by atoms with E-state index in [0.29, 0.717) is 0 Å². The van der Waals surface area contributed by atoms with Crippen LogP contribution in [0.15, 0.2) is 30.3 Å². The molecule has 1 atom stereocenters. The summed E-state index contributed by atoms with van der Waals surface area (Å²) in [7, 11) is 3.76. The van der Waals surface area contributed by atoms with Crippen molar-refractivity contribution in [1.29, 1.82) is 0 Å². The lowest BCUT2D eigenvalue weighted by molar-refractivity contribution is -0.870. The van der Waals surface area contributed by atoms with Crippen molar-refractivity contribution in [2.45, 2.75) is 71.1 Å². The van der Waals surface area contributed by atoms with Gasteiger partial charge < -0.3 is 18.4 Å². The molecule has 0 aliphatic carbocycles. The van der Waals surface area contributed by atoms with Crippen LogP contribution in [0.4, 0.5) is 0 Å². The Bertz CT molecular complexity index is 517. The van der Waals surface area contributed by atoms with E-state index < -0.39 is 7.82 Å². The summed E-state index contributed by atoms with van der Waals surface area (Å²) in [5.74, 6) is 0.248. The molecular weight excluding hydrogens is 373 g/mol. The fraction of sp³-hybridized carbons (Fsp3) is 0.727. The predicted octanol–water partition coefficient (Wildman–Crippen LogP) is 5.79. The minimum Gasteiger partial charge on any atom is -0.746 e. The van der Waals surface area contributed by atoms with Crippen LogP contribution in [0.25, 0.3) is 0 Å². The van der Waals surface area contributed by atoms with Crippen molar-refractivity contribution >= 4 is 7.82 Å². The van der Waals surface area contributed by atoms with Gasteiger partial charge in [0.1, 0.15) is 5.75 Å². The lowest BCUT2D eigenvalue weighted by Crippen LogP contribution is -2.35. The highest BCUT2D eigenvalue weighted by molar-refractivity contribution is 7.46. The zero-order valence-electron chi connectivity index (χ0n) is 18.7. The van der Waals surface area contributed by atoms with Gasteiger partial charge in [-0.25, -0.2) is 0 Å². The molecule has 1 aromatic rings. The lowest BCUT2D eigenvalue weighted by atomic mass is 10.1. The Kier molecular flexibility index (Phi) is 15.5. The number of quaternary nitrogens is 1. The quantitative estimate of drug-likeness (QED) is 0.219. The first-order chi connectivity index (χ1) is 13.2. The van der Waals surface area contributed by atoms with Gasteiger partial charge in [-0.15, -0.1) is 0 Å². The Labute approximate surface area is 173 Å². The molecule has 0 fully saturated rings. The highest BCUT2D eigenvalue weighted by Crippen LogP contribution is 2.37.